The summed E-state index contributed by atoms with van der Waals surface area (Å²) >= 11 is 0. The Morgan fingerprint density at radius 1 is 0.938 bits per heavy atom. The Bertz CT molecular complexity index is 1090. The van der Waals surface area contributed by atoms with Gasteiger partial charge in [-0.2, -0.15) is 0 Å². The van der Waals surface area contributed by atoms with Crippen molar-refractivity contribution in [1.82, 2.24) is 9.47 Å². The molecule has 0 amide bonds. The molecule has 2 aliphatic heterocycles. The number of hydrogen-bond acceptors (Lipinski definition) is 3. The van der Waals surface area contributed by atoms with E-state index in [-0.39, 0.29) is 0 Å². The van der Waals surface area contributed by atoms with Gasteiger partial charge in [0, 0.05) is 42.1 Å². The first-order valence-electron chi connectivity index (χ1n) is 11.3. The van der Waals surface area contributed by atoms with Crippen molar-refractivity contribution >= 4 is 22.8 Å². The van der Waals surface area contributed by atoms with Gasteiger partial charge in [-0.15, -0.1) is 0 Å². The van der Waals surface area contributed by atoms with Gasteiger partial charge in [-0.05, 0) is 55.8 Å². The van der Waals surface area contributed by atoms with E-state index in [0.29, 0.717) is 6.04 Å². The summed E-state index contributed by atoms with van der Waals surface area (Å²) in [6.07, 6.45) is 7.75. The van der Waals surface area contributed by atoms with Crippen LogP contribution in [0.3, 0.4) is 0 Å². The highest BCUT2D eigenvalue weighted by molar-refractivity contribution is 6.27. The second kappa shape index (κ2) is 9.57. The maximum Gasteiger partial charge on any atom is 0.414 e. The highest BCUT2D eigenvalue weighted by Crippen LogP contribution is 2.47. The van der Waals surface area contributed by atoms with Crippen molar-refractivity contribution in [3.8, 4) is 0 Å². The van der Waals surface area contributed by atoms with Crippen LogP contribution >= 0.6 is 0 Å². The number of rotatable bonds is 5. The molecular weight excluding hydrogens is 404 g/mol. The van der Waals surface area contributed by atoms with Crippen LogP contribution in [0.25, 0.3) is 10.9 Å². The molecule has 0 spiro atoms. The number of benzene rings is 2. The fraction of sp³-hybridized carbons (Fsp3) is 0.385. The molecule has 168 valence electrons. The van der Waals surface area contributed by atoms with E-state index < -0.39 is 11.9 Å². The number of para-hydroxylation sites is 1. The molecular formula is C26H30N2O4. The van der Waals surface area contributed by atoms with Crippen LogP contribution in [0, 0.1) is 0 Å². The molecule has 6 nitrogen and oxygen atoms in total. The molecule has 0 radical (unpaired) electrons. The molecule has 2 aromatic carbocycles. The first-order valence-corrected chi connectivity index (χ1v) is 11.3. The molecule has 2 atom stereocenters. The number of unbranched alkanes of at least 4 members (excludes halogenated alkanes) is 1. The Labute approximate surface area is 188 Å². The number of carboxylic acids is 2. The Morgan fingerprint density at radius 2 is 1.62 bits per heavy atom. The number of hydrogen-bond donors (Lipinski definition) is 2. The van der Waals surface area contributed by atoms with Crippen molar-refractivity contribution in [3.63, 3.8) is 0 Å². The van der Waals surface area contributed by atoms with Crippen LogP contribution in [0.4, 0.5) is 0 Å². The molecule has 0 saturated carbocycles. The average molecular weight is 435 g/mol. The SMILES string of the molecule is Cn1c2c(c3ccccc31)C1CCC(C2)N1CCCCc1ccccc1.O=C(O)C(=O)O. The Hall–Kier alpha value is -3.12. The van der Waals surface area contributed by atoms with E-state index in [0.717, 1.165) is 6.04 Å². The molecule has 5 rings (SSSR count). The van der Waals surface area contributed by atoms with Crippen LogP contribution in [0.15, 0.2) is 54.6 Å². The maximum absolute atomic E-state index is 9.10. The molecule has 3 aromatic rings. The summed E-state index contributed by atoms with van der Waals surface area (Å²) in [5, 5.41) is 16.3. The average Bonchev–Trinajstić information content (AvgIpc) is 3.24. The molecule has 1 fully saturated rings. The lowest BCUT2D eigenvalue weighted by Gasteiger charge is -2.35. The van der Waals surface area contributed by atoms with Crippen molar-refractivity contribution < 1.29 is 19.8 Å². The predicted molar refractivity (Wildman–Crippen MR) is 124 cm³/mol. The minimum absolute atomic E-state index is 0.645. The molecule has 6 heteroatoms. The Kier molecular flexibility index (Phi) is 6.61. The lowest BCUT2D eigenvalue weighted by atomic mass is 9.96. The van der Waals surface area contributed by atoms with Gasteiger partial charge in [0.05, 0.1) is 0 Å². The van der Waals surface area contributed by atoms with Crippen LogP contribution in [0.1, 0.15) is 48.5 Å². The van der Waals surface area contributed by atoms with Gasteiger partial charge in [0.2, 0.25) is 0 Å². The molecule has 1 saturated heterocycles. The summed E-state index contributed by atoms with van der Waals surface area (Å²) in [5.74, 6) is -3.65. The fourth-order valence-corrected chi connectivity index (χ4v) is 5.39. The minimum Gasteiger partial charge on any atom is -0.473 e. The van der Waals surface area contributed by atoms with Gasteiger partial charge in [0.25, 0.3) is 0 Å². The number of aryl methyl sites for hydroxylation is 2. The highest BCUT2D eigenvalue weighted by atomic mass is 16.4. The van der Waals surface area contributed by atoms with Gasteiger partial charge in [-0.3, -0.25) is 4.90 Å². The number of aromatic nitrogens is 1. The van der Waals surface area contributed by atoms with Crippen molar-refractivity contribution in [2.24, 2.45) is 7.05 Å². The topological polar surface area (TPSA) is 82.8 Å². The van der Waals surface area contributed by atoms with Crippen molar-refractivity contribution in [2.75, 3.05) is 6.54 Å². The van der Waals surface area contributed by atoms with Crippen molar-refractivity contribution in [3.05, 3.63) is 71.4 Å². The second-order valence-electron chi connectivity index (χ2n) is 8.68. The molecule has 1 aromatic heterocycles. The summed E-state index contributed by atoms with van der Waals surface area (Å²) in [4.78, 5) is 21.0. The lowest BCUT2D eigenvalue weighted by Crippen LogP contribution is -2.38. The molecule has 2 bridgehead atoms. The van der Waals surface area contributed by atoms with E-state index in [1.807, 2.05) is 0 Å². The third-order valence-corrected chi connectivity index (χ3v) is 6.83. The molecule has 2 N–H and O–H groups in total. The maximum atomic E-state index is 9.10. The van der Waals surface area contributed by atoms with Gasteiger partial charge in [0.1, 0.15) is 0 Å². The fourth-order valence-electron chi connectivity index (χ4n) is 5.39. The molecule has 32 heavy (non-hydrogen) atoms. The summed E-state index contributed by atoms with van der Waals surface area (Å²) in [6.45, 7) is 1.25. The normalized spacial score (nSPS) is 19.3. The Morgan fingerprint density at radius 3 is 2.34 bits per heavy atom. The van der Waals surface area contributed by atoms with Crippen LogP contribution in [0.2, 0.25) is 0 Å². The largest absolute Gasteiger partial charge is 0.473 e. The van der Waals surface area contributed by atoms with Gasteiger partial charge in [-0.25, -0.2) is 9.59 Å². The van der Waals surface area contributed by atoms with Crippen LogP contribution in [-0.4, -0.2) is 44.2 Å². The lowest BCUT2D eigenvalue weighted by molar-refractivity contribution is -0.159. The minimum atomic E-state index is -1.82. The van der Waals surface area contributed by atoms with E-state index >= 15 is 0 Å². The quantitative estimate of drug-likeness (QED) is 0.459. The van der Waals surface area contributed by atoms with Crippen molar-refractivity contribution in [1.29, 1.82) is 0 Å². The van der Waals surface area contributed by atoms with Gasteiger partial charge in [-0.1, -0.05) is 48.5 Å². The van der Waals surface area contributed by atoms with Crippen LogP contribution < -0.4 is 0 Å². The third kappa shape index (κ3) is 4.41. The predicted octanol–water partition coefficient (Wildman–Crippen LogP) is 4.42. The zero-order chi connectivity index (χ0) is 22.7. The van der Waals surface area contributed by atoms with E-state index in [9.17, 15) is 0 Å². The molecule has 2 unspecified atom stereocenters. The Balaban J connectivity index is 0.000000363. The first kappa shape index (κ1) is 22.1. The highest BCUT2D eigenvalue weighted by Gasteiger charge is 2.41. The van der Waals surface area contributed by atoms with Crippen LogP contribution in [-0.2, 0) is 29.5 Å². The van der Waals surface area contributed by atoms with Gasteiger partial charge < -0.3 is 14.8 Å². The van der Waals surface area contributed by atoms with E-state index in [2.05, 4.69) is 71.1 Å². The number of carbonyl (C=O) groups is 2. The van der Waals surface area contributed by atoms with E-state index in [1.165, 1.54) is 61.5 Å². The summed E-state index contributed by atoms with van der Waals surface area (Å²) < 4.78 is 2.46. The molecule has 0 aliphatic carbocycles. The van der Waals surface area contributed by atoms with Crippen LogP contribution in [0.5, 0.6) is 0 Å². The van der Waals surface area contributed by atoms with E-state index in [1.54, 1.807) is 11.3 Å². The monoisotopic (exact) mass is 434 g/mol. The number of nitrogens with zero attached hydrogens (tertiary/aromatic N) is 2. The summed E-state index contributed by atoms with van der Waals surface area (Å²) in [6, 6.07) is 21.3. The zero-order valence-electron chi connectivity index (χ0n) is 18.4. The molecule has 2 aliphatic rings. The number of fused-ring (bicyclic) bond motifs is 6. The van der Waals surface area contributed by atoms with Crippen molar-refractivity contribution in [2.45, 2.75) is 50.6 Å². The number of carboxylic acid groups (broad SMARTS) is 2. The second-order valence-corrected chi connectivity index (χ2v) is 8.68. The van der Waals surface area contributed by atoms with Gasteiger partial charge >= 0.3 is 11.9 Å². The smallest absolute Gasteiger partial charge is 0.414 e. The number of aliphatic carboxylic acids is 2. The third-order valence-electron chi connectivity index (χ3n) is 6.83. The molecule has 3 heterocycles. The zero-order valence-corrected chi connectivity index (χ0v) is 18.4. The summed E-state index contributed by atoms with van der Waals surface area (Å²) in [5.41, 5.74) is 6.12. The standard InChI is InChI=1S/C24H28N2.C2H2O4/c1-25-21-13-6-5-12-20(21)24-22-15-14-19(17-23(24)25)26(22)16-8-7-11-18-9-3-2-4-10-18;3-1(4)2(5)6/h2-6,9-10,12-13,19,22H,7-8,11,14-17H2,1H3;(H,3,4)(H,5,6). The summed E-state index contributed by atoms with van der Waals surface area (Å²) in [7, 11) is 2.26. The van der Waals surface area contributed by atoms with E-state index in [4.69, 9.17) is 19.8 Å². The first-order chi connectivity index (χ1) is 15.5. The van der Waals surface area contributed by atoms with Gasteiger partial charge in [0.15, 0.2) is 0 Å².